The molecule has 1 amide bonds. The summed E-state index contributed by atoms with van der Waals surface area (Å²) < 4.78 is 6.69. The van der Waals surface area contributed by atoms with E-state index in [0.717, 1.165) is 16.7 Å². The maximum Gasteiger partial charge on any atom is 0.278 e. The average molecular weight is 336 g/mol. The molecule has 0 aliphatic rings. The number of aromatic nitrogens is 3. The maximum atomic E-state index is 12.6. The Labute approximate surface area is 142 Å². The predicted molar refractivity (Wildman–Crippen MR) is 93.2 cm³/mol. The summed E-state index contributed by atoms with van der Waals surface area (Å²) in [4.78, 5) is 32.1. The lowest BCUT2D eigenvalue weighted by atomic mass is 10.2. The Morgan fingerprint density at radius 3 is 2.92 bits per heavy atom. The van der Waals surface area contributed by atoms with E-state index in [0.29, 0.717) is 16.8 Å². The summed E-state index contributed by atoms with van der Waals surface area (Å²) in [5.41, 5.74) is 1.59. The smallest absolute Gasteiger partial charge is 0.278 e. The van der Waals surface area contributed by atoms with E-state index in [1.54, 1.807) is 6.07 Å². The summed E-state index contributed by atoms with van der Waals surface area (Å²) in [6.07, 6.45) is 1.40. The molecule has 0 spiro atoms. The normalized spacial score (nSPS) is 11.2. The summed E-state index contributed by atoms with van der Waals surface area (Å²) in [6.45, 7) is 2.02. The van der Waals surface area contributed by atoms with Gasteiger partial charge in [-0.05, 0) is 25.1 Å². The molecular weight excluding hydrogens is 320 g/mol. The Balaban J connectivity index is 1.57. The van der Waals surface area contributed by atoms with Crippen LogP contribution in [-0.2, 0) is 17.9 Å². The first-order chi connectivity index (χ1) is 12.1. The first-order valence-corrected chi connectivity index (χ1v) is 7.90. The highest BCUT2D eigenvalue weighted by molar-refractivity contribution is 6.04. The van der Waals surface area contributed by atoms with Crippen molar-refractivity contribution >= 4 is 27.8 Å². The second-order valence-electron chi connectivity index (χ2n) is 5.86. The van der Waals surface area contributed by atoms with Crippen LogP contribution >= 0.6 is 0 Å². The second-order valence-corrected chi connectivity index (χ2v) is 5.86. The number of nitrogens with one attached hydrogen (secondary N) is 2. The minimum absolute atomic E-state index is 0.100. The number of benzene rings is 1. The second kappa shape index (κ2) is 5.94. The lowest BCUT2D eigenvalue weighted by Crippen LogP contribution is -2.32. The number of aryl methyl sites for hydroxylation is 1. The number of carbonyl (C=O) groups excluding carboxylic acids is 1. The van der Waals surface area contributed by atoms with Crippen molar-refractivity contribution in [2.24, 2.45) is 0 Å². The molecule has 0 aliphatic carbocycles. The van der Waals surface area contributed by atoms with Crippen LogP contribution in [0.5, 0.6) is 0 Å². The number of hydrogen-bond acceptors (Lipinski definition) is 4. The van der Waals surface area contributed by atoms with Crippen molar-refractivity contribution in [3.05, 3.63) is 64.6 Å². The van der Waals surface area contributed by atoms with Gasteiger partial charge in [-0.1, -0.05) is 18.2 Å². The van der Waals surface area contributed by atoms with E-state index < -0.39 is 0 Å². The van der Waals surface area contributed by atoms with Gasteiger partial charge in [0.15, 0.2) is 0 Å². The van der Waals surface area contributed by atoms with E-state index in [9.17, 15) is 9.59 Å². The molecule has 3 heterocycles. The van der Waals surface area contributed by atoms with Crippen LogP contribution in [0.25, 0.3) is 21.9 Å². The largest absolute Gasteiger partial charge is 0.465 e. The third-order valence-corrected chi connectivity index (χ3v) is 4.05. The zero-order valence-corrected chi connectivity index (χ0v) is 13.6. The van der Waals surface area contributed by atoms with Crippen molar-refractivity contribution in [2.45, 2.75) is 20.0 Å². The summed E-state index contributed by atoms with van der Waals surface area (Å²) in [7, 11) is 0. The molecule has 4 aromatic rings. The van der Waals surface area contributed by atoms with Crippen molar-refractivity contribution in [1.29, 1.82) is 0 Å². The molecule has 7 nitrogen and oxygen atoms in total. The lowest BCUT2D eigenvalue weighted by molar-refractivity contribution is -0.122. The van der Waals surface area contributed by atoms with E-state index in [-0.39, 0.29) is 24.6 Å². The Bertz CT molecular complexity index is 1140. The summed E-state index contributed by atoms with van der Waals surface area (Å²) in [5, 5.41) is 3.62. The Morgan fingerprint density at radius 2 is 2.12 bits per heavy atom. The summed E-state index contributed by atoms with van der Waals surface area (Å²) in [5.74, 6) is 1.17. The molecule has 126 valence electrons. The molecule has 2 N–H and O–H groups in total. The van der Waals surface area contributed by atoms with Gasteiger partial charge in [0.25, 0.3) is 5.56 Å². The first-order valence-electron chi connectivity index (χ1n) is 7.90. The van der Waals surface area contributed by atoms with Gasteiger partial charge in [-0.2, -0.15) is 0 Å². The van der Waals surface area contributed by atoms with E-state index in [1.807, 2.05) is 37.3 Å². The number of fused-ring (bicyclic) bond motifs is 3. The van der Waals surface area contributed by atoms with Crippen LogP contribution in [-0.4, -0.2) is 20.4 Å². The topological polar surface area (TPSA) is 92.9 Å². The van der Waals surface area contributed by atoms with Crippen molar-refractivity contribution in [1.82, 2.24) is 19.9 Å². The molecule has 0 aliphatic heterocycles. The highest BCUT2D eigenvalue weighted by Gasteiger charge is 2.12. The van der Waals surface area contributed by atoms with Gasteiger partial charge in [0, 0.05) is 10.9 Å². The number of rotatable bonds is 4. The van der Waals surface area contributed by atoms with Crippen LogP contribution in [0.4, 0.5) is 0 Å². The summed E-state index contributed by atoms with van der Waals surface area (Å²) >= 11 is 0. The molecule has 0 unspecified atom stereocenters. The minimum Gasteiger partial charge on any atom is -0.465 e. The van der Waals surface area contributed by atoms with Gasteiger partial charge >= 0.3 is 0 Å². The molecule has 7 heteroatoms. The van der Waals surface area contributed by atoms with Gasteiger partial charge in [0.05, 0.1) is 12.9 Å². The number of hydrogen-bond donors (Lipinski definition) is 2. The highest BCUT2D eigenvalue weighted by atomic mass is 16.3. The standard InChI is InChI=1S/C18H16N4O3/c1-11-6-7-12(25-11)8-19-15(23)9-22-10-20-16-13-4-2-3-5-14(13)21-17(16)18(22)24/h2-7,10,21H,8-9H2,1H3,(H,19,23). The van der Waals surface area contributed by atoms with Gasteiger partial charge in [-0.15, -0.1) is 0 Å². The third kappa shape index (κ3) is 2.80. The van der Waals surface area contributed by atoms with Gasteiger partial charge in [0.1, 0.15) is 29.1 Å². The SMILES string of the molecule is Cc1ccc(CNC(=O)Cn2cnc3c([nH]c4ccccc43)c2=O)o1. The van der Waals surface area contributed by atoms with Gasteiger partial charge in [-0.25, -0.2) is 4.98 Å². The first kappa shape index (κ1) is 15.2. The van der Waals surface area contributed by atoms with Crippen molar-refractivity contribution in [3.63, 3.8) is 0 Å². The van der Waals surface area contributed by atoms with E-state index in [1.165, 1.54) is 10.9 Å². The number of carbonyl (C=O) groups is 1. The molecule has 0 atom stereocenters. The van der Waals surface area contributed by atoms with Crippen LogP contribution in [0, 0.1) is 6.92 Å². The fraction of sp³-hybridized carbons (Fsp3) is 0.167. The number of amides is 1. The van der Waals surface area contributed by atoms with Crippen molar-refractivity contribution in [2.75, 3.05) is 0 Å². The molecule has 0 fully saturated rings. The highest BCUT2D eigenvalue weighted by Crippen LogP contribution is 2.20. The van der Waals surface area contributed by atoms with E-state index in [2.05, 4.69) is 15.3 Å². The molecule has 0 saturated carbocycles. The molecule has 0 bridgehead atoms. The Hall–Kier alpha value is -3.35. The van der Waals surface area contributed by atoms with Crippen molar-refractivity contribution in [3.8, 4) is 0 Å². The fourth-order valence-electron chi connectivity index (χ4n) is 2.83. The molecular formula is C18H16N4O3. The van der Waals surface area contributed by atoms with Crippen LogP contribution in [0.3, 0.4) is 0 Å². The van der Waals surface area contributed by atoms with Gasteiger partial charge < -0.3 is 14.7 Å². The maximum absolute atomic E-state index is 12.6. The Kier molecular flexibility index (Phi) is 3.61. The fourth-order valence-corrected chi connectivity index (χ4v) is 2.83. The molecule has 0 radical (unpaired) electrons. The van der Waals surface area contributed by atoms with Gasteiger partial charge in [0.2, 0.25) is 5.91 Å². The molecule has 25 heavy (non-hydrogen) atoms. The molecule has 4 rings (SSSR count). The average Bonchev–Trinajstić information content (AvgIpc) is 3.19. The zero-order chi connectivity index (χ0) is 17.4. The van der Waals surface area contributed by atoms with Crippen molar-refractivity contribution < 1.29 is 9.21 Å². The number of furan rings is 1. The zero-order valence-electron chi connectivity index (χ0n) is 13.6. The number of para-hydroxylation sites is 1. The minimum atomic E-state index is -0.284. The predicted octanol–water partition coefficient (Wildman–Crippen LogP) is 2.10. The number of nitrogens with zero attached hydrogens (tertiary/aromatic N) is 2. The van der Waals surface area contributed by atoms with Crippen LogP contribution < -0.4 is 10.9 Å². The molecule has 1 aromatic carbocycles. The lowest BCUT2D eigenvalue weighted by Gasteiger charge is -2.06. The van der Waals surface area contributed by atoms with E-state index >= 15 is 0 Å². The van der Waals surface area contributed by atoms with Crippen LogP contribution in [0.1, 0.15) is 11.5 Å². The van der Waals surface area contributed by atoms with Gasteiger partial charge in [-0.3, -0.25) is 14.2 Å². The third-order valence-electron chi connectivity index (χ3n) is 4.05. The monoisotopic (exact) mass is 336 g/mol. The van der Waals surface area contributed by atoms with Crippen LogP contribution in [0.15, 0.2) is 51.9 Å². The van der Waals surface area contributed by atoms with Crippen LogP contribution in [0.2, 0.25) is 0 Å². The number of aromatic amines is 1. The molecule has 3 aromatic heterocycles. The van der Waals surface area contributed by atoms with E-state index in [4.69, 9.17) is 4.42 Å². The quantitative estimate of drug-likeness (QED) is 0.597. The molecule has 0 saturated heterocycles. The Morgan fingerprint density at radius 1 is 1.28 bits per heavy atom. The number of H-pyrrole nitrogens is 1. The summed E-state index contributed by atoms with van der Waals surface area (Å²) in [6, 6.07) is 11.2.